The average molecular weight is 519 g/mol. The van der Waals surface area contributed by atoms with Crippen molar-refractivity contribution < 1.29 is 14.3 Å². The molecule has 11 nitrogen and oxygen atoms in total. The lowest BCUT2D eigenvalue weighted by Crippen LogP contribution is -2.41. The summed E-state index contributed by atoms with van der Waals surface area (Å²) in [6.45, 7) is 4.92. The van der Waals surface area contributed by atoms with Gasteiger partial charge in [0.2, 0.25) is 5.66 Å². The van der Waals surface area contributed by atoms with Crippen LogP contribution in [0.1, 0.15) is 32.3 Å². The molecule has 2 aromatic heterocycles. The van der Waals surface area contributed by atoms with Gasteiger partial charge >= 0.3 is 5.69 Å². The maximum atomic E-state index is 13.0. The van der Waals surface area contributed by atoms with Crippen LogP contribution in [0.2, 0.25) is 0 Å². The Labute approximate surface area is 218 Å². The third-order valence-corrected chi connectivity index (χ3v) is 6.43. The number of rotatable bonds is 10. The Kier molecular flexibility index (Phi) is 7.01. The van der Waals surface area contributed by atoms with Crippen LogP contribution in [0, 0.1) is 0 Å². The molecule has 3 heterocycles. The smallest absolute Gasteiger partial charge is 0.332 e. The molecule has 1 aliphatic heterocycles. The van der Waals surface area contributed by atoms with E-state index in [2.05, 4.69) is 20.4 Å². The highest BCUT2D eigenvalue weighted by atomic mass is 16.7. The molecule has 0 bridgehead atoms. The van der Waals surface area contributed by atoms with E-state index in [4.69, 9.17) is 14.3 Å². The maximum absolute atomic E-state index is 13.0. The SMILES string of the molecule is CCCn1c(=O)c2[nH]c(-c3ccc(OCC4(c5cccc(OC)c5)N=CON4)cc3)nc2n(CCC)c1=O. The number of fused-ring (bicyclic) bond motifs is 1. The first-order valence-electron chi connectivity index (χ1n) is 12.6. The number of benzene rings is 2. The molecular weight excluding hydrogens is 488 g/mol. The van der Waals surface area contributed by atoms with Crippen LogP contribution in [-0.4, -0.2) is 39.2 Å². The van der Waals surface area contributed by atoms with Crippen LogP contribution in [0.25, 0.3) is 22.6 Å². The molecule has 1 aliphatic rings. The zero-order valence-electron chi connectivity index (χ0n) is 21.6. The fourth-order valence-electron chi connectivity index (χ4n) is 4.48. The number of imidazole rings is 1. The Balaban J connectivity index is 1.41. The molecular formula is C27H30N6O5. The van der Waals surface area contributed by atoms with Gasteiger partial charge in [-0.15, -0.1) is 5.48 Å². The maximum Gasteiger partial charge on any atom is 0.332 e. The lowest BCUT2D eigenvalue weighted by Gasteiger charge is -2.25. The molecule has 0 radical (unpaired) electrons. The van der Waals surface area contributed by atoms with Crippen LogP contribution in [-0.2, 0) is 23.6 Å². The molecule has 0 amide bonds. The summed E-state index contributed by atoms with van der Waals surface area (Å²) in [6.07, 6.45) is 2.77. The highest BCUT2D eigenvalue weighted by molar-refractivity contribution is 5.75. The largest absolute Gasteiger partial charge is 0.497 e. The van der Waals surface area contributed by atoms with Gasteiger partial charge in [0.1, 0.15) is 29.4 Å². The number of hydrogen-bond acceptors (Lipinski definition) is 8. The van der Waals surface area contributed by atoms with Crippen molar-refractivity contribution >= 4 is 17.6 Å². The first-order chi connectivity index (χ1) is 18.5. The topological polar surface area (TPSA) is 125 Å². The second-order valence-electron chi connectivity index (χ2n) is 9.03. The predicted octanol–water partition coefficient (Wildman–Crippen LogP) is 3.18. The normalized spacial score (nSPS) is 16.6. The fourth-order valence-corrected chi connectivity index (χ4v) is 4.48. The summed E-state index contributed by atoms with van der Waals surface area (Å²) in [5, 5.41) is 0. The lowest BCUT2D eigenvalue weighted by molar-refractivity contribution is 0.0796. The van der Waals surface area contributed by atoms with Crippen LogP contribution in [0.4, 0.5) is 0 Å². The monoisotopic (exact) mass is 518 g/mol. The van der Waals surface area contributed by atoms with E-state index in [1.54, 1.807) is 11.7 Å². The molecule has 0 spiro atoms. The summed E-state index contributed by atoms with van der Waals surface area (Å²) in [6, 6.07) is 14.9. The van der Waals surface area contributed by atoms with E-state index < -0.39 is 5.66 Å². The Hall–Kier alpha value is -4.38. The number of aliphatic imine (C=N–C) groups is 1. The molecule has 0 aliphatic carbocycles. The van der Waals surface area contributed by atoms with Gasteiger partial charge in [-0.05, 0) is 49.2 Å². The van der Waals surface area contributed by atoms with Gasteiger partial charge in [0.15, 0.2) is 12.0 Å². The fraction of sp³-hybridized carbons (Fsp3) is 0.333. The summed E-state index contributed by atoms with van der Waals surface area (Å²) in [5.41, 5.74) is 3.60. The summed E-state index contributed by atoms with van der Waals surface area (Å²) >= 11 is 0. The van der Waals surface area contributed by atoms with Crippen LogP contribution >= 0.6 is 0 Å². The highest BCUT2D eigenvalue weighted by Gasteiger charge is 2.37. The number of hydrogen-bond donors (Lipinski definition) is 2. The number of ether oxygens (including phenoxy) is 2. The van der Waals surface area contributed by atoms with E-state index in [-0.39, 0.29) is 17.9 Å². The van der Waals surface area contributed by atoms with Gasteiger partial charge in [-0.25, -0.2) is 14.8 Å². The van der Waals surface area contributed by atoms with E-state index in [1.807, 2.05) is 62.4 Å². The summed E-state index contributed by atoms with van der Waals surface area (Å²) in [7, 11) is 1.61. The minimum Gasteiger partial charge on any atom is -0.497 e. The van der Waals surface area contributed by atoms with Crippen molar-refractivity contribution in [2.45, 2.75) is 45.4 Å². The molecule has 0 saturated carbocycles. The van der Waals surface area contributed by atoms with Crippen molar-refractivity contribution in [2.24, 2.45) is 4.99 Å². The molecule has 11 heteroatoms. The van der Waals surface area contributed by atoms with Crippen molar-refractivity contribution in [1.82, 2.24) is 24.6 Å². The molecule has 5 rings (SSSR count). The Morgan fingerprint density at radius 1 is 1.00 bits per heavy atom. The van der Waals surface area contributed by atoms with Crippen LogP contribution in [0.15, 0.2) is 63.1 Å². The molecule has 198 valence electrons. The van der Waals surface area contributed by atoms with Crippen LogP contribution < -0.4 is 26.2 Å². The zero-order chi connectivity index (χ0) is 26.7. The summed E-state index contributed by atoms with van der Waals surface area (Å²) < 4.78 is 14.3. The van der Waals surface area contributed by atoms with E-state index in [9.17, 15) is 9.59 Å². The van der Waals surface area contributed by atoms with Crippen LogP contribution in [0.5, 0.6) is 11.5 Å². The molecule has 38 heavy (non-hydrogen) atoms. The minimum absolute atomic E-state index is 0.168. The second kappa shape index (κ2) is 10.5. The van der Waals surface area contributed by atoms with Crippen molar-refractivity contribution in [1.29, 1.82) is 0 Å². The van der Waals surface area contributed by atoms with Crippen molar-refractivity contribution in [3.63, 3.8) is 0 Å². The third-order valence-electron chi connectivity index (χ3n) is 6.43. The number of aromatic amines is 1. The molecule has 2 aromatic carbocycles. The van der Waals surface area contributed by atoms with E-state index in [0.717, 1.165) is 17.5 Å². The summed E-state index contributed by atoms with van der Waals surface area (Å²) in [5.74, 6) is 1.82. The number of H-pyrrole nitrogens is 1. The predicted molar refractivity (Wildman–Crippen MR) is 144 cm³/mol. The van der Waals surface area contributed by atoms with Crippen LogP contribution in [0.3, 0.4) is 0 Å². The summed E-state index contributed by atoms with van der Waals surface area (Å²) in [4.78, 5) is 43.4. The minimum atomic E-state index is -0.923. The van der Waals surface area contributed by atoms with Gasteiger partial charge < -0.3 is 19.3 Å². The standard InChI is InChI=1S/C27H30N6O5/c1-4-13-32-24-22(25(34)33(14-5-2)26(32)35)29-23(30-24)18-9-11-20(12-10-18)37-16-27(28-17-38-31-27)19-7-6-8-21(15-19)36-3/h6-12,15,17,31H,4-5,13-14,16H2,1-3H3,(H,29,30). The molecule has 2 N–H and O–H groups in total. The lowest BCUT2D eigenvalue weighted by atomic mass is 10.0. The molecule has 4 aromatic rings. The number of methoxy groups -OCH3 is 1. The van der Waals surface area contributed by atoms with Crippen molar-refractivity contribution in [2.75, 3.05) is 13.7 Å². The number of hydroxylamine groups is 1. The van der Waals surface area contributed by atoms with E-state index in [1.165, 1.54) is 11.0 Å². The molecule has 1 atom stereocenters. The van der Waals surface area contributed by atoms with Gasteiger partial charge in [0.05, 0.1) is 7.11 Å². The van der Waals surface area contributed by atoms with Gasteiger partial charge in [-0.2, -0.15) is 0 Å². The van der Waals surface area contributed by atoms with Gasteiger partial charge in [-0.3, -0.25) is 13.9 Å². The van der Waals surface area contributed by atoms with Crippen molar-refractivity contribution in [3.8, 4) is 22.9 Å². The number of nitrogens with zero attached hydrogens (tertiary/aromatic N) is 4. The van der Waals surface area contributed by atoms with Crippen molar-refractivity contribution in [3.05, 3.63) is 74.9 Å². The number of aromatic nitrogens is 4. The molecule has 1 unspecified atom stereocenters. The van der Waals surface area contributed by atoms with E-state index >= 15 is 0 Å². The Morgan fingerprint density at radius 2 is 1.76 bits per heavy atom. The van der Waals surface area contributed by atoms with E-state index in [0.29, 0.717) is 48.0 Å². The quantitative estimate of drug-likeness (QED) is 0.330. The van der Waals surface area contributed by atoms with Gasteiger partial charge in [-0.1, -0.05) is 26.0 Å². The second-order valence-corrected chi connectivity index (χ2v) is 9.03. The Morgan fingerprint density at radius 3 is 2.45 bits per heavy atom. The van der Waals surface area contributed by atoms with Gasteiger partial charge in [0.25, 0.3) is 5.56 Å². The number of nitrogens with one attached hydrogen (secondary N) is 2. The Bertz CT molecular complexity index is 1590. The zero-order valence-corrected chi connectivity index (χ0v) is 21.6. The first-order valence-corrected chi connectivity index (χ1v) is 12.6. The average Bonchev–Trinajstić information content (AvgIpc) is 3.61. The highest BCUT2D eigenvalue weighted by Crippen LogP contribution is 2.30. The number of aryl methyl sites for hydroxylation is 1. The molecule has 0 fully saturated rings. The van der Waals surface area contributed by atoms with Gasteiger partial charge in [0, 0.05) is 24.2 Å². The third kappa shape index (κ3) is 4.56. The molecule has 0 saturated heterocycles. The first kappa shape index (κ1) is 25.3.